The Morgan fingerprint density at radius 1 is 1.42 bits per heavy atom. The minimum absolute atomic E-state index is 0.0194. The third-order valence-electron chi connectivity index (χ3n) is 3.22. The average molecular weight is 346 g/mol. The molecule has 1 atom stereocenters. The van der Waals surface area contributed by atoms with Crippen molar-refractivity contribution in [1.82, 2.24) is 20.1 Å². The summed E-state index contributed by atoms with van der Waals surface area (Å²) in [6.07, 6.45) is 1.79. The van der Waals surface area contributed by atoms with Gasteiger partial charge in [-0.15, -0.1) is 16.8 Å². The van der Waals surface area contributed by atoms with Gasteiger partial charge in [0, 0.05) is 25.3 Å². The molecule has 128 valence electrons. The number of carbonyl (C=O) groups is 1. The second-order valence-corrected chi connectivity index (χ2v) is 6.23. The molecule has 0 radical (unpaired) electrons. The van der Waals surface area contributed by atoms with Gasteiger partial charge in [-0.05, 0) is 6.92 Å². The van der Waals surface area contributed by atoms with E-state index in [9.17, 15) is 4.79 Å². The van der Waals surface area contributed by atoms with E-state index in [0.717, 1.165) is 11.4 Å². The van der Waals surface area contributed by atoms with Crippen molar-refractivity contribution >= 4 is 17.7 Å². The first-order chi connectivity index (χ1) is 11.7. The zero-order valence-electron chi connectivity index (χ0n) is 13.9. The van der Waals surface area contributed by atoms with Crippen molar-refractivity contribution < 1.29 is 9.53 Å². The van der Waals surface area contributed by atoms with E-state index in [1.165, 1.54) is 11.8 Å². The molecule has 1 aromatic heterocycles. The lowest BCUT2D eigenvalue weighted by Gasteiger charge is -2.12. The Morgan fingerprint density at radius 3 is 2.83 bits per heavy atom. The Labute approximate surface area is 146 Å². The number of nitrogens with one attached hydrogen (secondary N) is 1. The lowest BCUT2D eigenvalue weighted by Crippen LogP contribution is -2.36. The molecule has 1 N–H and O–H groups in total. The maximum atomic E-state index is 12.0. The maximum Gasteiger partial charge on any atom is 0.230 e. The third-order valence-corrected chi connectivity index (χ3v) is 4.18. The van der Waals surface area contributed by atoms with E-state index in [1.807, 2.05) is 41.8 Å². The summed E-state index contributed by atoms with van der Waals surface area (Å²) in [4.78, 5) is 12.0. The molecule has 0 fully saturated rings. The highest BCUT2D eigenvalue weighted by atomic mass is 32.2. The fourth-order valence-electron chi connectivity index (χ4n) is 2.23. The minimum Gasteiger partial charge on any atom is -0.383 e. The maximum absolute atomic E-state index is 12.0. The fourth-order valence-corrected chi connectivity index (χ4v) is 2.99. The van der Waals surface area contributed by atoms with E-state index in [1.54, 1.807) is 13.2 Å². The van der Waals surface area contributed by atoms with Crippen molar-refractivity contribution in [2.24, 2.45) is 0 Å². The van der Waals surface area contributed by atoms with Crippen LogP contribution in [0.5, 0.6) is 0 Å². The SMILES string of the molecule is C=CCn1c(SCC(=O)NC(C)COC)nnc1-c1ccccc1. The van der Waals surface area contributed by atoms with E-state index in [-0.39, 0.29) is 17.7 Å². The molecule has 0 spiro atoms. The van der Waals surface area contributed by atoms with E-state index < -0.39 is 0 Å². The Morgan fingerprint density at radius 2 is 2.17 bits per heavy atom. The van der Waals surface area contributed by atoms with Gasteiger partial charge in [0.05, 0.1) is 12.4 Å². The van der Waals surface area contributed by atoms with Gasteiger partial charge in [0.1, 0.15) is 0 Å². The number of thioether (sulfide) groups is 1. The standard InChI is InChI=1S/C17H22N4O2S/c1-4-10-21-16(14-8-6-5-7-9-14)19-20-17(21)24-12-15(22)18-13(2)11-23-3/h4-9,13H,1,10-12H2,2-3H3,(H,18,22). The van der Waals surface area contributed by atoms with Gasteiger partial charge >= 0.3 is 0 Å². The molecular formula is C17H22N4O2S. The smallest absolute Gasteiger partial charge is 0.230 e. The predicted molar refractivity (Wildman–Crippen MR) is 95.9 cm³/mol. The van der Waals surface area contributed by atoms with Crippen molar-refractivity contribution in [3.05, 3.63) is 43.0 Å². The Kier molecular flexibility index (Phi) is 7.02. The summed E-state index contributed by atoms with van der Waals surface area (Å²) >= 11 is 1.36. The van der Waals surface area contributed by atoms with Gasteiger partial charge in [0.15, 0.2) is 11.0 Å². The largest absolute Gasteiger partial charge is 0.383 e. The molecule has 1 aromatic carbocycles. The van der Waals surface area contributed by atoms with Crippen LogP contribution in [-0.4, -0.2) is 46.2 Å². The summed E-state index contributed by atoms with van der Waals surface area (Å²) < 4.78 is 6.97. The van der Waals surface area contributed by atoms with Crippen molar-refractivity contribution in [1.29, 1.82) is 0 Å². The van der Waals surface area contributed by atoms with Crippen LogP contribution in [0, 0.1) is 0 Å². The molecule has 0 aliphatic rings. The molecule has 1 unspecified atom stereocenters. The average Bonchev–Trinajstić information content (AvgIpc) is 2.97. The second kappa shape index (κ2) is 9.24. The highest BCUT2D eigenvalue weighted by Gasteiger charge is 2.15. The summed E-state index contributed by atoms with van der Waals surface area (Å²) in [6, 6.07) is 9.82. The van der Waals surface area contributed by atoms with Crippen LogP contribution in [0.15, 0.2) is 48.1 Å². The topological polar surface area (TPSA) is 69.0 Å². The van der Waals surface area contributed by atoms with Crippen LogP contribution in [0.1, 0.15) is 6.92 Å². The number of methoxy groups -OCH3 is 1. The number of carbonyl (C=O) groups excluding carboxylic acids is 1. The molecule has 1 amide bonds. The predicted octanol–water partition coefficient (Wildman–Crippen LogP) is 2.37. The van der Waals surface area contributed by atoms with Gasteiger partial charge in [-0.2, -0.15) is 0 Å². The van der Waals surface area contributed by atoms with Crippen LogP contribution in [0.4, 0.5) is 0 Å². The quantitative estimate of drug-likeness (QED) is 0.558. The van der Waals surface area contributed by atoms with Gasteiger partial charge in [0.2, 0.25) is 5.91 Å². The number of benzene rings is 1. The molecule has 2 rings (SSSR count). The zero-order chi connectivity index (χ0) is 17.4. The summed E-state index contributed by atoms with van der Waals surface area (Å²) in [5.74, 6) is 0.989. The molecule has 6 nitrogen and oxygen atoms in total. The molecule has 24 heavy (non-hydrogen) atoms. The zero-order valence-corrected chi connectivity index (χ0v) is 14.8. The van der Waals surface area contributed by atoms with Crippen molar-refractivity contribution in [3.8, 4) is 11.4 Å². The number of nitrogens with zero attached hydrogens (tertiary/aromatic N) is 3. The third kappa shape index (κ3) is 4.94. The number of amides is 1. The molecule has 0 aliphatic carbocycles. The van der Waals surface area contributed by atoms with E-state index in [2.05, 4.69) is 22.1 Å². The van der Waals surface area contributed by atoms with Crippen molar-refractivity contribution in [3.63, 3.8) is 0 Å². The second-order valence-electron chi connectivity index (χ2n) is 5.28. The highest BCUT2D eigenvalue weighted by Crippen LogP contribution is 2.23. The highest BCUT2D eigenvalue weighted by molar-refractivity contribution is 7.99. The van der Waals surface area contributed by atoms with E-state index in [0.29, 0.717) is 18.3 Å². The van der Waals surface area contributed by atoms with Crippen molar-refractivity contribution in [2.75, 3.05) is 19.5 Å². The number of hydrogen-bond acceptors (Lipinski definition) is 5. The normalized spacial score (nSPS) is 11.9. The molecule has 0 bridgehead atoms. The molecule has 2 aromatic rings. The monoisotopic (exact) mass is 346 g/mol. The van der Waals surface area contributed by atoms with Crippen LogP contribution in [-0.2, 0) is 16.1 Å². The summed E-state index contributed by atoms with van der Waals surface area (Å²) in [5.41, 5.74) is 0.983. The first kappa shape index (κ1) is 18.2. The molecule has 0 aliphatic heterocycles. The molecule has 7 heteroatoms. The number of aromatic nitrogens is 3. The van der Waals surface area contributed by atoms with Crippen molar-refractivity contribution in [2.45, 2.75) is 24.7 Å². The fraction of sp³-hybridized carbons (Fsp3) is 0.353. The first-order valence-corrected chi connectivity index (χ1v) is 8.65. The Hall–Kier alpha value is -2.12. The van der Waals surface area contributed by atoms with Crippen LogP contribution >= 0.6 is 11.8 Å². The molecular weight excluding hydrogens is 324 g/mol. The summed E-state index contributed by atoms with van der Waals surface area (Å²) in [6.45, 7) is 6.76. The summed E-state index contributed by atoms with van der Waals surface area (Å²) in [5, 5.41) is 12.1. The lowest BCUT2D eigenvalue weighted by molar-refractivity contribution is -0.119. The Balaban J connectivity index is 2.06. The number of rotatable bonds is 9. The van der Waals surface area contributed by atoms with Crippen LogP contribution in [0.2, 0.25) is 0 Å². The number of allylic oxidation sites excluding steroid dienone is 1. The molecule has 0 saturated carbocycles. The van der Waals surface area contributed by atoms with Gasteiger partial charge in [-0.1, -0.05) is 48.2 Å². The van der Waals surface area contributed by atoms with Crippen LogP contribution < -0.4 is 5.32 Å². The van der Waals surface area contributed by atoms with Gasteiger partial charge in [0.25, 0.3) is 0 Å². The Bertz CT molecular complexity index is 672. The van der Waals surface area contributed by atoms with Crippen LogP contribution in [0.3, 0.4) is 0 Å². The summed E-state index contributed by atoms with van der Waals surface area (Å²) in [7, 11) is 1.61. The van der Waals surface area contributed by atoms with Gasteiger partial charge in [-0.3, -0.25) is 9.36 Å². The molecule has 0 saturated heterocycles. The lowest BCUT2D eigenvalue weighted by atomic mass is 10.2. The van der Waals surface area contributed by atoms with E-state index in [4.69, 9.17) is 4.74 Å². The first-order valence-electron chi connectivity index (χ1n) is 7.66. The van der Waals surface area contributed by atoms with Gasteiger partial charge in [-0.25, -0.2) is 0 Å². The minimum atomic E-state index is -0.0565. The van der Waals surface area contributed by atoms with E-state index >= 15 is 0 Å². The van der Waals surface area contributed by atoms with Gasteiger partial charge < -0.3 is 10.1 Å². The number of hydrogen-bond donors (Lipinski definition) is 1. The molecule has 1 heterocycles. The number of ether oxygens (including phenoxy) is 1. The van der Waals surface area contributed by atoms with Crippen LogP contribution in [0.25, 0.3) is 11.4 Å².